The normalized spacial score (nSPS) is 12.2. The maximum atomic E-state index is 12.9. The Bertz CT molecular complexity index is 1110. The second-order valence-electron chi connectivity index (χ2n) is 6.81. The molecule has 0 aliphatic carbocycles. The van der Waals surface area contributed by atoms with Crippen molar-refractivity contribution in [1.29, 1.82) is 0 Å². The summed E-state index contributed by atoms with van der Waals surface area (Å²) in [6.45, 7) is 7.90. The van der Waals surface area contributed by atoms with E-state index in [2.05, 4.69) is 4.72 Å². The fourth-order valence-corrected chi connectivity index (χ4v) is 5.21. The Morgan fingerprint density at radius 2 is 1.73 bits per heavy atom. The molecule has 0 atom stereocenters. The highest BCUT2D eigenvalue weighted by atomic mass is 32.2. The minimum atomic E-state index is -3.74. The zero-order valence-corrected chi connectivity index (χ0v) is 16.8. The van der Waals surface area contributed by atoms with Crippen molar-refractivity contribution in [3.05, 3.63) is 57.7 Å². The van der Waals surface area contributed by atoms with E-state index in [0.717, 1.165) is 22.4 Å². The van der Waals surface area contributed by atoms with Crippen molar-refractivity contribution < 1.29 is 8.42 Å². The van der Waals surface area contributed by atoms with E-state index < -0.39 is 10.0 Å². The van der Waals surface area contributed by atoms with Gasteiger partial charge in [-0.1, -0.05) is 43.4 Å². The lowest BCUT2D eigenvalue weighted by Gasteiger charge is -2.15. The SMILES string of the molecule is CC(C)c1ccccc1NS(=O)(=O)c1ccc2c(c1)sc(=O)n2C(C)C. The van der Waals surface area contributed by atoms with Crippen LogP contribution in [0.5, 0.6) is 0 Å². The number of para-hydroxylation sites is 1. The predicted octanol–water partition coefficient (Wildman–Crippen LogP) is 4.57. The Morgan fingerprint density at radius 3 is 2.38 bits per heavy atom. The molecule has 0 amide bonds. The van der Waals surface area contributed by atoms with Crippen LogP contribution in [-0.2, 0) is 10.0 Å². The summed E-state index contributed by atoms with van der Waals surface area (Å²) in [5.74, 6) is 0.196. The first-order chi connectivity index (χ1) is 12.2. The summed E-state index contributed by atoms with van der Waals surface area (Å²) in [5, 5.41) is 0. The Labute approximate surface area is 157 Å². The van der Waals surface area contributed by atoms with Gasteiger partial charge in [0.15, 0.2) is 0 Å². The standard InChI is InChI=1S/C19H22N2O3S2/c1-12(2)15-7-5-6-8-16(15)20-26(23,24)14-9-10-17-18(11-14)25-19(22)21(17)13(3)4/h5-13,20H,1-4H3. The fourth-order valence-electron chi connectivity index (χ4n) is 2.97. The lowest BCUT2D eigenvalue weighted by Crippen LogP contribution is -2.15. The summed E-state index contributed by atoms with van der Waals surface area (Å²) < 4.78 is 30.7. The van der Waals surface area contributed by atoms with Crippen LogP contribution in [0.15, 0.2) is 52.2 Å². The van der Waals surface area contributed by atoms with Gasteiger partial charge >= 0.3 is 4.87 Å². The van der Waals surface area contributed by atoms with Crippen LogP contribution < -0.4 is 9.60 Å². The highest BCUT2D eigenvalue weighted by Crippen LogP contribution is 2.28. The molecule has 1 heterocycles. The maximum absolute atomic E-state index is 12.9. The summed E-state index contributed by atoms with van der Waals surface area (Å²) in [4.78, 5) is 12.2. The third kappa shape index (κ3) is 3.41. The molecule has 0 spiro atoms. The fraction of sp³-hybridized carbons (Fsp3) is 0.316. The van der Waals surface area contributed by atoms with E-state index in [1.165, 1.54) is 0 Å². The zero-order valence-electron chi connectivity index (χ0n) is 15.2. The van der Waals surface area contributed by atoms with Gasteiger partial charge in [0.25, 0.3) is 10.0 Å². The van der Waals surface area contributed by atoms with Crippen molar-refractivity contribution in [1.82, 2.24) is 4.57 Å². The monoisotopic (exact) mass is 390 g/mol. The lowest BCUT2D eigenvalue weighted by molar-refractivity contribution is 0.601. The van der Waals surface area contributed by atoms with Crippen molar-refractivity contribution >= 4 is 37.3 Å². The first kappa shape index (κ1) is 18.7. The van der Waals surface area contributed by atoms with Crippen molar-refractivity contribution in [2.45, 2.75) is 44.6 Å². The van der Waals surface area contributed by atoms with E-state index in [1.54, 1.807) is 28.8 Å². The van der Waals surface area contributed by atoms with Crippen LogP contribution in [0.3, 0.4) is 0 Å². The average Bonchev–Trinajstić information content (AvgIpc) is 2.89. The van der Waals surface area contributed by atoms with Gasteiger partial charge in [-0.25, -0.2) is 8.42 Å². The summed E-state index contributed by atoms with van der Waals surface area (Å²) in [7, 11) is -3.74. The number of hydrogen-bond donors (Lipinski definition) is 1. The van der Waals surface area contributed by atoms with Crippen LogP contribution in [0, 0.1) is 0 Å². The molecule has 0 saturated carbocycles. The molecule has 3 aromatic rings. The van der Waals surface area contributed by atoms with Crippen LogP contribution in [-0.4, -0.2) is 13.0 Å². The van der Waals surface area contributed by atoms with E-state index >= 15 is 0 Å². The first-order valence-electron chi connectivity index (χ1n) is 8.47. The number of sulfonamides is 1. The minimum absolute atomic E-state index is 0.0229. The van der Waals surface area contributed by atoms with Gasteiger partial charge in [-0.2, -0.15) is 0 Å². The molecular weight excluding hydrogens is 368 g/mol. The molecule has 0 saturated heterocycles. The summed E-state index contributed by atoms with van der Waals surface area (Å²) in [6.07, 6.45) is 0. The predicted molar refractivity (Wildman–Crippen MR) is 108 cm³/mol. The van der Waals surface area contributed by atoms with E-state index in [0.29, 0.717) is 10.4 Å². The third-order valence-electron chi connectivity index (χ3n) is 4.24. The van der Waals surface area contributed by atoms with Gasteiger partial charge in [0.2, 0.25) is 0 Å². The van der Waals surface area contributed by atoms with Crippen LogP contribution in [0.2, 0.25) is 0 Å². The molecule has 26 heavy (non-hydrogen) atoms. The molecule has 0 bridgehead atoms. The van der Waals surface area contributed by atoms with Crippen molar-refractivity contribution in [3.63, 3.8) is 0 Å². The Kier molecular flexibility index (Phi) is 4.94. The van der Waals surface area contributed by atoms with Crippen molar-refractivity contribution in [3.8, 4) is 0 Å². The second kappa shape index (κ2) is 6.89. The number of nitrogens with one attached hydrogen (secondary N) is 1. The summed E-state index contributed by atoms with van der Waals surface area (Å²) in [6, 6.07) is 12.2. The molecule has 1 N–H and O–H groups in total. The third-order valence-corrected chi connectivity index (χ3v) is 6.52. The largest absolute Gasteiger partial charge is 0.308 e. The van der Waals surface area contributed by atoms with Crippen molar-refractivity contribution in [2.75, 3.05) is 4.72 Å². The lowest BCUT2D eigenvalue weighted by atomic mass is 10.0. The van der Waals surface area contributed by atoms with Gasteiger partial charge in [0.05, 0.1) is 20.8 Å². The molecule has 1 aromatic heterocycles. The molecule has 138 valence electrons. The number of benzene rings is 2. The molecule has 0 aliphatic heterocycles. The molecule has 3 rings (SSSR count). The maximum Gasteiger partial charge on any atom is 0.308 e. The number of hydrogen-bond acceptors (Lipinski definition) is 4. The minimum Gasteiger partial charge on any atom is -0.296 e. The van der Waals surface area contributed by atoms with E-state index in [9.17, 15) is 13.2 Å². The van der Waals surface area contributed by atoms with E-state index in [-0.39, 0.29) is 21.7 Å². The highest BCUT2D eigenvalue weighted by molar-refractivity contribution is 7.92. The van der Waals surface area contributed by atoms with Gasteiger partial charge in [-0.15, -0.1) is 0 Å². The molecular formula is C19H22N2O3S2. The Morgan fingerprint density at radius 1 is 1.04 bits per heavy atom. The molecule has 0 radical (unpaired) electrons. The number of rotatable bonds is 5. The van der Waals surface area contributed by atoms with Gasteiger partial charge in [0.1, 0.15) is 0 Å². The zero-order chi connectivity index (χ0) is 19.1. The van der Waals surface area contributed by atoms with Gasteiger partial charge < -0.3 is 0 Å². The molecule has 7 heteroatoms. The van der Waals surface area contributed by atoms with E-state index in [4.69, 9.17) is 0 Å². The van der Waals surface area contributed by atoms with E-state index in [1.807, 2.05) is 45.9 Å². The number of fused-ring (bicyclic) bond motifs is 1. The van der Waals surface area contributed by atoms with Gasteiger partial charge in [-0.3, -0.25) is 14.1 Å². The second-order valence-corrected chi connectivity index (χ2v) is 9.48. The van der Waals surface area contributed by atoms with Crippen molar-refractivity contribution in [2.24, 2.45) is 0 Å². The Balaban J connectivity index is 2.04. The molecule has 0 unspecified atom stereocenters. The Hall–Kier alpha value is -2.12. The quantitative estimate of drug-likeness (QED) is 0.694. The molecule has 0 fully saturated rings. The van der Waals surface area contributed by atoms with Crippen LogP contribution in [0.4, 0.5) is 5.69 Å². The number of thiazole rings is 1. The summed E-state index contributed by atoms with van der Waals surface area (Å²) in [5.41, 5.74) is 2.28. The number of nitrogens with zero attached hydrogens (tertiary/aromatic N) is 1. The molecule has 2 aromatic carbocycles. The highest BCUT2D eigenvalue weighted by Gasteiger charge is 2.19. The number of aromatic nitrogens is 1. The number of anilines is 1. The molecule has 5 nitrogen and oxygen atoms in total. The topological polar surface area (TPSA) is 68.2 Å². The summed E-state index contributed by atoms with van der Waals surface area (Å²) >= 11 is 1.07. The average molecular weight is 391 g/mol. The molecule has 0 aliphatic rings. The van der Waals surface area contributed by atoms with Gasteiger partial charge in [0, 0.05) is 6.04 Å². The van der Waals surface area contributed by atoms with Crippen LogP contribution in [0.25, 0.3) is 10.2 Å². The van der Waals surface area contributed by atoms with Crippen LogP contribution in [0.1, 0.15) is 45.2 Å². The van der Waals surface area contributed by atoms with Crippen LogP contribution >= 0.6 is 11.3 Å². The van der Waals surface area contributed by atoms with Gasteiger partial charge in [-0.05, 0) is 49.6 Å². The first-order valence-corrected chi connectivity index (χ1v) is 10.8. The smallest absolute Gasteiger partial charge is 0.296 e.